The molecule has 0 saturated carbocycles. The fraction of sp³-hybridized carbons (Fsp3) is 0.154. The van der Waals surface area contributed by atoms with Gasteiger partial charge in [0.2, 0.25) is 0 Å². The first-order valence-corrected chi connectivity index (χ1v) is 15.1. The van der Waals surface area contributed by atoms with Gasteiger partial charge in [-0.25, -0.2) is 15.0 Å². The average molecular weight is 574 g/mol. The zero-order chi connectivity index (χ0) is 30.3. The first-order valence-electron chi connectivity index (χ1n) is 15.1. The maximum absolute atomic E-state index is 5.18. The second-order valence-electron chi connectivity index (χ2n) is 12.2. The molecule has 0 fully saturated rings. The van der Waals surface area contributed by atoms with Crippen molar-refractivity contribution in [2.24, 2.45) is 0 Å². The van der Waals surface area contributed by atoms with E-state index in [0.717, 1.165) is 45.4 Å². The third kappa shape index (κ3) is 4.53. The first-order chi connectivity index (χ1) is 21.4. The van der Waals surface area contributed by atoms with E-state index >= 15 is 0 Å². The van der Waals surface area contributed by atoms with Gasteiger partial charge in [-0.3, -0.25) is 0 Å². The summed E-state index contributed by atoms with van der Waals surface area (Å²) in [5.41, 5.74) is 6.58. The Labute approximate surface area is 259 Å². The largest absolute Gasteiger partial charge is 0.331 e. The van der Waals surface area contributed by atoms with Crippen molar-refractivity contribution < 1.29 is 0 Å². The summed E-state index contributed by atoms with van der Waals surface area (Å²) < 4.78 is 0. The van der Waals surface area contributed by atoms with Crippen molar-refractivity contribution in [2.45, 2.75) is 38.6 Å². The molecule has 0 amide bonds. The Hall–Kier alpha value is -5.29. The standard InChI is InChI=1S/C39H35N5/c1-38(2,37-41-35(28-18-8-5-9-19-28)40-36(42-37)29-20-10-6-11-21-29)39(3,4)44-33-26-16-14-24-31(33)43(30-22-12-7-13-23-30)32-25-15-17-27-34(32)44/h5-27H,1-4H3. The lowest BCUT2D eigenvalue weighted by atomic mass is 9.71. The molecule has 1 aromatic heterocycles. The second-order valence-corrected chi connectivity index (χ2v) is 12.2. The predicted molar refractivity (Wildman–Crippen MR) is 181 cm³/mol. The number of anilines is 5. The van der Waals surface area contributed by atoms with E-state index in [1.807, 2.05) is 36.4 Å². The minimum Gasteiger partial charge on any atom is -0.331 e. The molecule has 0 N–H and O–H groups in total. The molecule has 0 atom stereocenters. The number of para-hydroxylation sites is 5. The molecule has 7 rings (SSSR count). The van der Waals surface area contributed by atoms with Crippen LogP contribution in [0.2, 0.25) is 0 Å². The van der Waals surface area contributed by atoms with Gasteiger partial charge in [0.15, 0.2) is 11.6 Å². The molecule has 5 aromatic carbocycles. The number of hydrogen-bond donors (Lipinski definition) is 0. The average Bonchev–Trinajstić information content (AvgIpc) is 3.08. The maximum atomic E-state index is 5.18. The van der Waals surface area contributed by atoms with Gasteiger partial charge in [0.05, 0.1) is 28.3 Å². The number of hydrogen-bond acceptors (Lipinski definition) is 5. The molecule has 5 heteroatoms. The Bertz CT molecular complexity index is 1810. The molecule has 44 heavy (non-hydrogen) atoms. The number of aromatic nitrogens is 3. The van der Waals surface area contributed by atoms with Crippen LogP contribution in [0.3, 0.4) is 0 Å². The molecule has 216 valence electrons. The summed E-state index contributed by atoms with van der Waals surface area (Å²) in [6.07, 6.45) is 0. The zero-order valence-corrected chi connectivity index (χ0v) is 25.5. The van der Waals surface area contributed by atoms with Crippen LogP contribution in [0.25, 0.3) is 22.8 Å². The summed E-state index contributed by atoms with van der Waals surface area (Å²) in [4.78, 5) is 20.1. The molecule has 1 aliphatic heterocycles. The van der Waals surface area contributed by atoms with Crippen molar-refractivity contribution in [3.05, 3.63) is 145 Å². The topological polar surface area (TPSA) is 45.2 Å². The molecular weight excluding hydrogens is 538 g/mol. The first kappa shape index (κ1) is 27.5. The monoisotopic (exact) mass is 573 g/mol. The SMILES string of the molecule is CC(C)(c1nc(-c2ccccc2)nc(-c2ccccc2)n1)C(C)(C)N1c2ccccc2N(c2ccccc2)c2ccccc21. The molecule has 0 radical (unpaired) electrons. The maximum Gasteiger partial charge on any atom is 0.163 e. The summed E-state index contributed by atoms with van der Waals surface area (Å²) in [5, 5.41) is 0. The van der Waals surface area contributed by atoms with Crippen LogP contribution in [0.15, 0.2) is 140 Å². The lowest BCUT2D eigenvalue weighted by Crippen LogP contribution is -2.56. The summed E-state index contributed by atoms with van der Waals surface area (Å²) in [6.45, 7) is 9.10. The Balaban J connectivity index is 1.42. The van der Waals surface area contributed by atoms with E-state index in [2.05, 4.69) is 141 Å². The highest BCUT2D eigenvalue weighted by Crippen LogP contribution is 2.56. The van der Waals surface area contributed by atoms with Crippen molar-refractivity contribution in [1.82, 2.24) is 15.0 Å². The van der Waals surface area contributed by atoms with Gasteiger partial charge in [0.25, 0.3) is 0 Å². The number of benzene rings is 5. The highest BCUT2D eigenvalue weighted by atomic mass is 15.3. The van der Waals surface area contributed by atoms with Crippen LogP contribution in [0.1, 0.15) is 33.5 Å². The Morgan fingerprint density at radius 3 is 1.27 bits per heavy atom. The van der Waals surface area contributed by atoms with Crippen LogP contribution in [0.4, 0.5) is 28.4 Å². The van der Waals surface area contributed by atoms with Crippen molar-refractivity contribution >= 4 is 28.4 Å². The third-order valence-electron chi connectivity index (χ3n) is 9.09. The van der Waals surface area contributed by atoms with E-state index in [9.17, 15) is 0 Å². The summed E-state index contributed by atoms with van der Waals surface area (Å²) in [7, 11) is 0. The third-order valence-corrected chi connectivity index (χ3v) is 9.09. The van der Waals surface area contributed by atoms with Gasteiger partial charge < -0.3 is 9.80 Å². The number of nitrogens with zero attached hydrogens (tertiary/aromatic N) is 5. The summed E-state index contributed by atoms with van der Waals surface area (Å²) in [6, 6.07) is 48.3. The van der Waals surface area contributed by atoms with Crippen LogP contribution >= 0.6 is 0 Å². The van der Waals surface area contributed by atoms with E-state index in [1.165, 1.54) is 0 Å². The summed E-state index contributed by atoms with van der Waals surface area (Å²) >= 11 is 0. The smallest absolute Gasteiger partial charge is 0.163 e. The van der Waals surface area contributed by atoms with Crippen LogP contribution in [-0.4, -0.2) is 20.5 Å². The van der Waals surface area contributed by atoms with E-state index in [-0.39, 0.29) is 0 Å². The van der Waals surface area contributed by atoms with Crippen LogP contribution in [-0.2, 0) is 5.41 Å². The van der Waals surface area contributed by atoms with Gasteiger partial charge in [-0.15, -0.1) is 0 Å². The van der Waals surface area contributed by atoms with Crippen molar-refractivity contribution in [2.75, 3.05) is 9.80 Å². The van der Waals surface area contributed by atoms with Gasteiger partial charge in [-0.05, 0) is 50.2 Å². The molecule has 6 aromatic rings. The molecule has 0 spiro atoms. The fourth-order valence-electron chi connectivity index (χ4n) is 6.04. The molecule has 5 nitrogen and oxygen atoms in total. The second kappa shape index (κ2) is 10.8. The van der Waals surface area contributed by atoms with Gasteiger partial charge in [0, 0.05) is 22.2 Å². The van der Waals surface area contributed by atoms with E-state index in [1.54, 1.807) is 0 Å². The lowest BCUT2D eigenvalue weighted by molar-refractivity contribution is 0.287. The minimum atomic E-state index is -0.530. The quantitative estimate of drug-likeness (QED) is 0.198. The van der Waals surface area contributed by atoms with E-state index in [0.29, 0.717) is 11.6 Å². The van der Waals surface area contributed by atoms with Crippen LogP contribution < -0.4 is 9.80 Å². The van der Waals surface area contributed by atoms with Crippen molar-refractivity contribution in [1.29, 1.82) is 0 Å². The van der Waals surface area contributed by atoms with Gasteiger partial charge in [-0.1, -0.05) is 117 Å². The van der Waals surface area contributed by atoms with E-state index in [4.69, 9.17) is 15.0 Å². The highest BCUT2D eigenvalue weighted by Gasteiger charge is 2.49. The van der Waals surface area contributed by atoms with Gasteiger partial charge in [0.1, 0.15) is 5.82 Å². The zero-order valence-electron chi connectivity index (χ0n) is 25.5. The van der Waals surface area contributed by atoms with Gasteiger partial charge >= 0.3 is 0 Å². The Morgan fingerprint density at radius 1 is 0.432 bits per heavy atom. The van der Waals surface area contributed by atoms with Crippen molar-refractivity contribution in [3.8, 4) is 22.8 Å². The minimum absolute atomic E-state index is 0.481. The molecule has 0 bridgehead atoms. The van der Waals surface area contributed by atoms with Crippen molar-refractivity contribution in [3.63, 3.8) is 0 Å². The summed E-state index contributed by atoms with van der Waals surface area (Å²) in [5.74, 6) is 2.09. The lowest BCUT2D eigenvalue weighted by Gasteiger charge is -2.53. The highest BCUT2D eigenvalue weighted by molar-refractivity contribution is 5.98. The molecule has 0 saturated heterocycles. The number of rotatable bonds is 6. The van der Waals surface area contributed by atoms with Gasteiger partial charge in [-0.2, -0.15) is 0 Å². The Morgan fingerprint density at radius 2 is 0.818 bits per heavy atom. The Kier molecular flexibility index (Phi) is 6.74. The molecule has 2 heterocycles. The number of fused-ring (bicyclic) bond motifs is 2. The molecule has 1 aliphatic rings. The molecular formula is C39H35N5. The molecule has 0 aliphatic carbocycles. The predicted octanol–water partition coefficient (Wildman–Crippen LogP) is 9.88. The van der Waals surface area contributed by atoms with Crippen LogP contribution in [0.5, 0.6) is 0 Å². The molecule has 0 unspecified atom stereocenters. The van der Waals surface area contributed by atoms with Crippen LogP contribution in [0, 0.1) is 0 Å². The normalized spacial score (nSPS) is 12.9. The fourth-order valence-corrected chi connectivity index (χ4v) is 6.04. The van der Waals surface area contributed by atoms with E-state index < -0.39 is 11.0 Å².